The molecule has 39 heavy (non-hydrogen) atoms. The molecule has 11 heteroatoms. The van der Waals surface area contributed by atoms with E-state index in [1.807, 2.05) is 37.3 Å². The number of anilines is 1. The normalized spacial score (nSPS) is 12.0. The second-order valence-electron chi connectivity index (χ2n) is 9.00. The summed E-state index contributed by atoms with van der Waals surface area (Å²) >= 11 is 12.5. The van der Waals surface area contributed by atoms with Crippen molar-refractivity contribution in [2.45, 2.75) is 32.4 Å². The lowest BCUT2D eigenvalue weighted by atomic mass is 10.0. The first-order valence-corrected chi connectivity index (χ1v) is 14.9. The van der Waals surface area contributed by atoms with Crippen molar-refractivity contribution in [2.24, 2.45) is 0 Å². The molecule has 0 aliphatic heterocycles. The van der Waals surface area contributed by atoms with Crippen LogP contribution in [0.25, 0.3) is 0 Å². The molecule has 0 saturated heterocycles. The number of halogens is 3. The number of amides is 2. The zero-order valence-corrected chi connectivity index (χ0v) is 23.9. The first-order chi connectivity index (χ1) is 18.5. The maximum atomic E-state index is 14.0. The Labute approximate surface area is 238 Å². The molecular formula is C28H30Cl2FN3O4S. The summed E-state index contributed by atoms with van der Waals surface area (Å²) in [6.45, 7) is 1.56. The molecule has 0 aliphatic carbocycles. The van der Waals surface area contributed by atoms with E-state index < -0.39 is 40.2 Å². The van der Waals surface area contributed by atoms with Gasteiger partial charge in [-0.05, 0) is 47.9 Å². The number of carbonyl (C=O) groups excluding carboxylic acids is 2. The van der Waals surface area contributed by atoms with Gasteiger partial charge in [-0.3, -0.25) is 13.9 Å². The smallest absolute Gasteiger partial charge is 0.244 e. The van der Waals surface area contributed by atoms with Crippen molar-refractivity contribution in [3.63, 3.8) is 0 Å². The van der Waals surface area contributed by atoms with Crippen molar-refractivity contribution in [2.75, 3.05) is 23.7 Å². The summed E-state index contributed by atoms with van der Waals surface area (Å²) in [5, 5.41) is 3.54. The molecule has 2 amide bonds. The monoisotopic (exact) mass is 593 g/mol. The predicted octanol–water partition coefficient (Wildman–Crippen LogP) is 5.06. The first-order valence-electron chi connectivity index (χ1n) is 12.3. The van der Waals surface area contributed by atoms with E-state index in [2.05, 4.69) is 5.32 Å². The molecule has 0 fully saturated rings. The average Bonchev–Trinajstić information content (AvgIpc) is 2.88. The fraction of sp³-hybridized carbons (Fsp3) is 0.286. The Morgan fingerprint density at radius 2 is 1.72 bits per heavy atom. The highest BCUT2D eigenvalue weighted by Gasteiger charge is 2.33. The zero-order valence-electron chi connectivity index (χ0n) is 21.6. The van der Waals surface area contributed by atoms with Gasteiger partial charge in [-0.2, -0.15) is 0 Å². The van der Waals surface area contributed by atoms with Gasteiger partial charge in [-0.1, -0.05) is 72.6 Å². The second-order valence-corrected chi connectivity index (χ2v) is 11.8. The summed E-state index contributed by atoms with van der Waals surface area (Å²) in [4.78, 5) is 28.7. The summed E-state index contributed by atoms with van der Waals surface area (Å²) < 4.78 is 40.2. The highest BCUT2D eigenvalue weighted by atomic mass is 35.5. The largest absolute Gasteiger partial charge is 0.354 e. The molecule has 3 rings (SSSR count). The van der Waals surface area contributed by atoms with Crippen LogP contribution in [-0.2, 0) is 32.6 Å². The Morgan fingerprint density at radius 1 is 1.00 bits per heavy atom. The van der Waals surface area contributed by atoms with Gasteiger partial charge in [0.2, 0.25) is 21.8 Å². The van der Waals surface area contributed by atoms with Crippen LogP contribution in [0.3, 0.4) is 0 Å². The molecule has 0 heterocycles. The molecule has 1 unspecified atom stereocenters. The SMILES string of the molecule is CCCNC(=O)C(Cc1ccccc1)N(Cc1ccc(Cl)cc1Cl)C(=O)CN(c1cccc(F)c1)S(C)(=O)=O. The molecule has 0 aromatic heterocycles. The fourth-order valence-electron chi connectivity index (χ4n) is 4.00. The summed E-state index contributed by atoms with van der Waals surface area (Å²) in [5.74, 6) is -1.71. The Hall–Kier alpha value is -3.14. The van der Waals surface area contributed by atoms with Gasteiger partial charge in [0, 0.05) is 29.6 Å². The highest BCUT2D eigenvalue weighted by Crippen LogP contribution is 2.25. The van der Waals surface area contributed by atoms with Gasteiger partial charge < -0.3 is 10.2 Å². The molecule has 0 saturated carbocycles. The van der Waals surface area contributed by atoms with Crippen LogP contribution in [0.5, 0.6) is 0 Å². The molecule has 1 N–H and O–H groups in total. The van der Waals surface area contributed by atoms with Gasteiger partial charge in [0.1, 0.15) is 18.4 Å². The van der Waals surface area contributed by atoms with Crippen LogP contribution in [0, 0.1) is 5.82 Å². The summed E-state index contributed by atoms with van der Waals surface area (Å²) in [7, 11) is -3.99. The Balaban J connectivity index is 2.07. The molecule has 3 aromatic rings. The maximum Gasteiger partial charge on any atom is 0.244 e. The minimum Gasteiger partial charge on any atom is -0.354 e. The van der Waals surface area contributed by atoms with Crippen molar-refractivity contribution < 1.29 is 22.4 Å². The number of benzene rings is 3. The van der Waals surface area contributed by atoms with E-state index in [-0.39, 0.29) is 23.7 Å². The van der Waals surface area contributed by atoms with E-state index in [1.165, 1.54) is 29.2 Å². The van der Waals surface area contributed by atoms with E-state index in [0.29, 0.717) is 23.6 Å². The molecule has 1 atom stereocenters. The van der Waals surface area contributed by atoms with Crippen LogP contribution in [0.4, 0.5) is 10.1 Å². The van der Waals surface area contributed by atoms with Gasteiger partial charge in [0.05, 0.1) is 11.9 Å². The van der Waals surface area contributed by atoms with Gasteiger partial charge in [-0.15, -0.1) is 0 Å². The van der Waals surface area contributed by atoms with Crippen LogP contribution >= 0.6 is 23.2 Å². The summed E-state index contributed by atoms with van der Waals surface area (Å²) in [6.07, 6.45) is 1.79. The van der Waals surface area contributed by atoms with Crippen molar-refractivity contribution in [3.8, 4) is 0 Å². The molecule has 7 nitrogen and oxygen atoms in total. The third-order valence-corrected chi connectivity index (χ3v) is 7.68. The van der Waals surface area contributed by atoms with Crippen molar-refractivity contribution >= 4 is 50.7 Å². The maximum absolute atomic E-state index is 14.0. The lowest BCUT2D eigenvalue weighted by molar-refractivity contribution is -0.140. The standard InChI is InChI=1S/C28H30Cl2FN3O4S/c1-3-14-32-28(36)26(15-20-8-5-4-6-9-20)33(18-21-12-13-22(29)16-25(21)30)27(35)19-34(39(2,37)38)24-11-7-10-23(31)17-24/h4-13,16-17,26H,3,14-15,18-19H2,1-2H3,(H,32,36). The van der Waals surface area contributed by atoms with Crippen LogP contribution < -0.4 is 9.62 Å². The van der Waals surface area contributed by atoms with Gasteiger partial charge >= 0.3 is 0 Å². The molecule has 3 aromatic carbocycles. The lowest BCUT2D eigenvalue weighted by Crippen LogP contribution is -2.53. The quantitative estimate of drug-likeness (QED) is 0.318. The second kappa shape index (κ2) is 13.8. The Bertz CT molecular complexity index is 1410. The third-order valence-electron chi connectivity index (χ3n) is 5.95. The number of sulfonamides is 1. The number of hydrogen-bond donors (Lipinski definition) is 1. The van der Waals surface area contributed by atoms with Crippen LogP contribution in [-0.4, -0.2) is 50.5 Å². The fourth-order valence-corrected chi connectivity index (χ4v) is 5.31. The van der Waals surface area contributed by atoms with Crippen LogP contribution in [0.1, 0.15) is 24.5 Å². The number of rotatable bonds is 12. The van der Waals surface area contributed by atoms with E-state index in [4.69, 9.17) is 23.2 Å². The lowest BCUT2D eigenvalue weighted by Gasteiger charge is -2.33. The average molecular weight is 595 g/mol. The molecule has 0 bridgehead atoms. The molecule has 208 valence electrons. The number of carbonyl (C=O) groups is 2. The third kappa shape index (κ3) is 8.68. The molecule has 0 spiro atoms. The number of nitrogens with zero attached hydrogens (tertiary/aromatic N) is 2. The van der Waals surface area contributed by atoms with E-state index in [0.717, 1.165) is 22.2 Å². The first kappa shape index (κ1) is 30.4. The van der Waals surface area contributed by atoms with Gasteiger partial charge in [-0.25, -0.2) is 12.8 Å². The Morgan fingerprint density at radius 3 is 2.33 bits per heavy atom. The number of nitrogens with one attached hydrogen (secondary N) is 1. The summed E-state index contributed by atoms with van der Waals surface area (Å²) in [5.41, 5.74) is 1.32. The molecular weight excluding hydrogens is 564 g/mol. The van der Waals surface area contributed by atoms with Crippen LogP contribution in [0.15, 0.2) is 72.8 Å². The number of hydrogen-bond acceptors (Lipinski definition) is 4. The zero-order chi connectivity index (χ0) is 28.6. The molecule has 0 aliphatic rings. The topological polar surface area (TPSA) is 86.8 Å². The van der Waals surface area contributed by atoms with E-state index in [1.54, 1.807) is 12.1 Å². The van der Waals surface area contributed by atoms with Crippen molar-refractivity contribution in [1.82, 2.24) is 10.2 Å². The van der Waals surface area contributed by atoms with E-state index >= 15 is 0 Å². The van der Waals surface area contributed by atoms with Gasteiger partial charge in [0.15, 0.2) is 0 Å². The van der Waals surface area contributed by atoms with E-state index in [9.17, 15) is 22.4 Å². The van der Waals surface area contributed by atoms with Crippen molar-refractivity contribution in [1.29, 1.82) is 0 Å². The molecule has 0 radical (unpaired) electrons. The van der Waals surface area contributed by atoms with Gasteiger partial charge in [0.25, 0.3) is 0 Å². The minimum atomic E-state index is -3.99. The summed E-state index contributed by atoms with van der Waals surface area (Å²) in [6, 6.07) is 17.9. The highest BCUT2D eigenvalue weighted by molar-refractivity contribution is 7.92. The Kier molecular flexibility index (Phi) is 10.7. The van der Waals surface area contributed by atoms with Crippen LogP contribution in [0.2, 0.25) is 10.0 Å². The van der Waals surface area contributed by atoms with Crippen molar-refractivity contribution in [3.05, 3.63) is 99.8 Å². The minimum absolute atomic E-state index is 0.00892. The predicted molar refractivity (Wildman–Crippen MR) is 153 cm³/mol.